The fourth-order valence-corrected chi connectivity index (χ4v) is 3.10. The number of aryl methyl sites for hydroxylation is 1. The summed E-state index contributed by atoms with van der Waals surface area (Å²) in [5.74, 6) is -0.349. The maximum atomic E-state index is 12.2. The van der Waals surface area contributed by atoms with Gasteiger partial charge in [0.25, 0.3) is 5.91 Å². The summed E-state index contributed by atoms with van der Waals surface area (Å²) in [7, 11) is -3.42. The van der Waals surface area contributed by atoms with Crippen molar-refractivity contribution in [2.24, 2.45) is 0 Å². The zero-order valence-corrected chi connectivity index (χ0v) is 15.9. The van der Waals surface area contributed by atoms with Crippen LogP contribution in [0.3, 0.4) is 0 Å². The van der Waals surface area contributed by atoms with Crippen LogP contribution in [-0.4, -0.2) is 27.1 Å². The predicted octanol–water partition coefficient (Wildman–Crippen LogP) is 3.73. The number of anilines is 1. The number of hydrogen-bond donors (Lipinski definition) is 2. The van der Waals surface area contributed by atoms with E-state index in [1.165, 1.54) is 18.2 Å². The molecule has 8 heteroatoms. The first-order valence-electron chi connectivity index (χ1n) is 7.54. The van der Waals surface area contributed by atoms with Gasteiger partial charge in [-0.15, -0.1) is 0 Å². The molecule has 2 aromatic rings. The Hall–Kier alpha value is -1.76. The molecule has 2 aromatic carbocycles. The van der Waals surface area contributed by atoms with Crippen molar-refractivity contribution in [3.8, 4) is 0 Å². The summed E-state index contributed by atoms with van der Waals surface area (Å²) >= 11 is 11.9. The van der Waals surface area contributed by atoms with Crippen LogP contribution in [0.2, 0.25) is 10.0 Å². The lowest BCUT2D eigenvalue weighted by molar-refractivity contribution is 0.0953. The summed E-state index contributed by atoms with van der Waals surface area (Å²) in [6, 6.07) is 11.9. The average Bonchev–Trinajstić information content (AvgIpc) is 2.53. The van der Waals surface area contributed by atoms with E-state index in [9.17, 15) is 13.2 Å². The summed E-state index contributed by atoms with van der Waals surface area (Å²) in [6.45, 7) is 0.474. The van der Waals surface area contributed by atoms with Crippen molar-refractivity contribution in [3.63, 3.8) is 0 Å². The Balaban J connectivity index is 1.91. The molecule has 0 saturated heterocycles. The smallest absolute Gasteiger partial charge is 0.252 e. The SMILES string of the molecule is CS(=O)(=O)Nc1ccc(Cl)c(C(=O)NCCCc2ccc(Cl)cc2)c1. The molecule has 0 saturated carbocycles. The Morgan fingerprint density at radius 1 is 1.08 bits per heavy atom. The summed E-state index contributed by atoms with van der Waals surface area (Å²) in [5.41, 5.74) is 1.65. The number of halogens is 2. The van der Waals surface area contributed by atoms with Crippen LogP contribution in [0.5, 0.6) is 0 Å². The highest BCUT2D eigenvalue weighted by atomic mass is 35.5. The lowest BCUT2D eigenvalue weighted by Gasteiger charge is -2.10. The van der Waals surface area contributed by atoms with Crippen LogP contribution in [0, 0.1) is 0 Å². The van der Waals surface area contributed by atoms with Gasteiger partial charge in [-0.1, -0.05) is 35.3 Å². The van der Waals surface area contributed by atoms with E-state index in [0.29, 0.717) is 17.3 Å². The summed E-state index contributed by atoms with van der Waals surface area (Å²) in [4.78, 5) is 12.2. The molecule has 0 unspecified atom stereocenters. The molecule has 0 heterocycles. The molecule has 0 aliphatic carbocycles. The number of carbonyl (C=O) groups excluding carboxylic acids is 1. The molecule has 0 bridgehead atoms. The predicted molar refractivity (Wildman–Crippen MR) is 102 cm³/mol. The van der Waals surface area contributed by atoms with Crippen molar-refractivity contribution in [3.05, 3.63) is 63.6 Å². The minimum Gasteiger partial charge on any atom is -0.352 e. The third-order valence-electron chi connectivity index (χ3n) is 3.36. The van der Waals surface area contributed by atoms with Crippen molar-refractivity contribution in [1.82, 2.24) is 5.32 Å². The number of rotatable bonds is 7. The third kappa shape index (κ3) is 6.57. The second-order valence-electron chi connectivity index (χ2n) is 5.55. The molecule has 5 nitrogen and oxygen atoms in total. The highest BCUT2D eigenvalue weighted by Gasteiger charge is 2.12. The summed E-state index contributed by atoms with van der Waals surface area (Å²) in [5, 5.41) is 3.73. The fourth-order valence-electron chi connectivity index (χ4n) is 2.22. The summed E-state index contributed by atoms with van der Waals surface area (Å²) in [6.07, 6.45) is 2.60. The van der Waals surface area contributed by atoms with Gasteiger partial charge in [0.2, 0.25) is 10.0 Å². The van der Waals surface area contributed by atoms with E-state index in [0.717, 1.165) is 24.7 Å². The zero-order chi connectivity index (χ0) is 18.4. The Morgan fingerprint density at radius 3 is 2.40 bits per heavy atom. The quantitative estimate of drug-likeness (QED) is 0.695. The first-order valence-corrected chi connectivity index (χ1v) is 10.2. The van der Waals surface area contributed by atoms with Crippen molar-refractivity contribution < 1.29 is 13.2 Å². The Kier molecular flexibility index (Phi) is 6.70. The standard InChI is InChI=1S/C17H18Cl2N2O3S/c1-25(23,24)21-14-8-9-16(19)15(11-14)17(22)20-10-2-3-12-4-6-13(18)7-5-12/h4-9,11,21H,2-3,10H2,1H3,(H,20,22). The van der Waals surface area contributed by atoms with E-state index >= 15 is 0 Å². The minimum atomic E-state index is -3.42. The van der Waals surface area contributed by atoms with Gasteiger partial charge in [-0.05, 0) is 48.7 Å². The van der Waals surface area contributed by atoms with Crippen molar-refractivity contribution in [1.29, 1.82) is 0 Å². The number of carbonyl (C=O) groups is 1. The Morgan fingerprint density at radius 2 is 1.76 bits per heavy atom. The van der Waals surface area contributed by atoms with Gasteiger partial charge in [-0.2, -0.15) is 0 Å². The lowest BCUT2D eigenvalue weighted by atomic mass is 10.1. The molecule has 0 atom stereocenters. The van der Waals surface area contributed by atoms with E-state index in [4.69, 9.17) is 23.2 Å². The second kappa shape index (κ2) is 8.56. The molecule has 134 valence electrons. The molecule has 0 fully saturated rings. The van der Waals surface area contributed by atoms with E-state index in [2.05, 4.69) is 10.0 Å². The van der Waals surface area contributed by atoms with Crippen LogP contribution in [0.1, 0.15) is 22.3 Å². The van der Waals surface area contributed by atoms with Gasteiger partial charge in [-0.25, -0.2) is 8.42 Å². The van der Waals surface area contributed by atoms with Crippen LogP contribution in [0.15, 0.2) is 42.5 Å². The highest BCUT2D eigenvalue weighted by Crippen LogP contribution is 2.21. The van der Waals surface area contributed by atoms with Crippen molar-refractivity contribution in [2.75, 3.05) is 17.5 Å². The second-order valence-corrected chi connectivity index (χ2v) is 8.15. The number of amides is 1. The van der Waals surface area contributed by atoms with Gasteiger partial charge in [0.05, 0.1) is 16.8 Å². The molecular formula is C17H18Cl2N2O3S. The monoisotopic (exact) mass is 400 g/mol. The van der Waals surface area contributed by atoms with Crippen molar-refractivity contribution in [2.45, 2.75) is 12.8 Å². The first kappa shape index (κ1) is 19.6. The van der Waals surface area contributed by atoms with Crippen LogP contribution < -0.4 is 10.0 Å². The fraction of sp³-hybridized carbons (Fsp3) is 0.235. The van der Waals surface area contributed by atoms with Crippen LogP contribution in [0.4, 0.5) is 5.69 Å². The van der Waals surface area contributed by atoms with Gasteiger partial charge in [0.15, 0.2) is 0 Å². The minimum absolute atomic E-state index is 0.224. The molecule has 25 heavy (non-hydrogen) atoms. The third-order valence-corrected chi connectivity index (χ3v) is 4.54. The summed E-state index contributed by atoms with van der Waals surface area (Å²) < 4.78 is 24.9. The Bertz CT molecular complexity index is 853. The largest absolute Gasteiger partial charge is 0.352 e. The topological polar surface area (TPSA) is 75.3 Å². The van der Waals surface area contributed by atoms with E-state index in [1.807, 2.05) is 24.3 Å². The molecule has 0 aliphatic rings. The van der Waals surface area contributed by atoms with E-state index in [1.54, 1.807) is 0 Å². The van der Waals surface area contributed by atoms with Gasteiger partial charge in [-0.3, -0.25) is 9.52 Å². The molecule has 2 N–H and O–H groups in total. The molecule has 0 aromatic heterocycles. The van der Waals surface area contributed by atoms with Crippen LogP contribution in [-0.2, 0) is 16.4 Å². The van der Waals surface area contributed by atoms with Gasteiger partial charge < -0.3 is 5.32 Å². The van der Waals surface area contributed by atoms with E-state index < -0.39 is 10.0 Å². The van der Waals surface area contributed by atoms with Gasteiger partial charge in [0.1, 0.15) is 0 Å². The first-order chi connectivity index (χ1) is 11.7. The normalized spacial score (nSPS) is 11.2. The van der Waals surface area contributed by atoms with E-state index in [-0.39, 0.29) is 16.5 Å². The molecule has 0 aliphatic heterocycles. The van der Waals surface area contributed by atoms with Gasteiger partial charge in [0, 0.05) is 17.3 Å². The molecule has 1 amide bonds. The number of benzene rings is 2. The number of sulfonamides is 1. The van der Waals surface area contributed by atoms with Crippen LogP contribution in [0.25, 0.3) is 0 Å². The Labute approximate surface area is 157 Å². The zero-order valence-electron chi connectivity index (χ0n) is 13.6. The molecule has 0 radical (unpaired) electrons. The molecule has 2 rings (SSSR count). The molecular weight excluding hydrogens is 383 g/mol. The maximum Gasteiger partial charge on any atom is 0.252 e. The van der Waals surface area contributed by atoms with Crippen LogP contribution >= 0.6 is 23.2 Å². The van der Waals surface area contributed by atoms with Crippen molar-refractivity contribution >= 4 is 44.8 Å². The lowest BCUT2D eigenvalue weighted by Crippen LogP contribution is -2.25. The number of hydrogen-bond acceptors (Lipinski definition) is 3. The average molecular weight is 401 g/mol. The highest BCUT2D eigenvalue weighted by molar-refractivity contribution is 7.92. The number of nitrogens with one attached hydrogen (secondary N) is 2. The maximum absolute atomic E-state index is 12.2. The van der Waals surface area contributed by atoms with Gasteiger partial charge >= 0.3 is 0 Å². The molecule has 0 spiro atoms.